The van der Waals surface area contributed by atoms with Crippen molar-refractivity contribution in [3.05, 3.63) is 24.3 Å². The molecule has 0 spiro atoms. The lowest BCUT2D eigenvalue weighted by Gasteiger charge is -1.84. The fourth-order valence-electron chi connectivity index (χ4n) is 0.507. The van der Waals surface area contributed by atoms with Crippen LogP contribution in [0.4, 0.5) is 0 Å². The van der Waals surface area contributed by atoms with Gasteiger partial charge in [-0.2, -0.15) is 0 Å². The van der Waals surface area contributed by atoms with Gasteiger partial charge >= 0.3 is 17.9 Å². The van der Waals surface area contributed by atoms with Crippen LogP contribution in [0.25, 0.3) is 0 Å². The van der Waals surface area contributed by atoms with Crippen LogP contribution in [0.3, 0.4) is 0 Å². The Bertz CT molecular complexity index is 271. The second-order valence-electron chi connectivity index (χ2n) is 2.10. The van der Waals surface area contributed by atoms with E-state index >= 15 is 0 Å². The first-order valence-corrected chi connectivity index (χ1v) is 4.74. The molecule has 1 heterocycles. The Morgan fingerprint density at radius 2 is 1.65 bits per heavy atom. The highest BCUT2D eigenvalue weighted by Gasteiger charge is 2.10. The van der Waals surface area contributed by atoms with Crippen molar-refractivity contribution < 1.29 is 23.9 Å². The second kappa shape index (κ2) is 14.1. The van der Waals surface area contributed by atoms with Crippen LogP contribution in [0.2, 0.25) is 0 Å². The van der Waals surface area contributed by atoms with E-state index in [1.54, 1.807) is 13.0 Å². The summed E-state index contributed by atoms with van der Waals surface area (Å²) in [5.41, 5.74) is 0. The predicted octanol–water partition coefficient (Wildman–Crippen LogP) is 2.02. The molecule has 0 bridgehead atoms. The van der Waals surface area contributed by atoms with E-state index in [0.29, 0.717) is 0 Å². The maximum Gasteiger partial charge on any atom is 0.338 e. The molecule has 98 valence electrons. The molecule has 0 aromatic heterocycles. The van der Waals surface area contributed by atoms with Crippen molar-refractivity contribution in [3.63, 3.8) is 0 Å². The summed E-state index contributed by atoms with van der Waals surface area (Å²) < 4.78 is 8.24. The Hall–Kier alpha value is -1.91. The molecule has 0 aromatic carbocycles. The highest BCUT2D eigenvalue weighted by atomic mass is 16.6. The third-order valence-corrected chi connectivity index (χ3v) is 1.06. The molecule has 0 saturated carbocycles. The minimum atomic E-state index is -0.579. The Labute approximate surface area is 102 Å². The van der Waals surface area contributed by atoms with Crippen LogP contribution in [0.15, 0.2) is 24.3 Å². The van der Waals surface area contributed by atoms with Crippen molar-refractivity contribution in [1.82, 2.24) is 0 Å². The van der Waals surface area contributed by atoms with Gasteiger partial charge in [-0.3, -0.25) is 0 Å². The number of methoxy groups -OCH3 is 1. The average molecular weight is 244 g/mol. The zero-order chi connectivity index (χ0) is 13.0. The van der Waals surface area contributed by atoms with Crippen LogP contribution in [0, 0.1) is 0 Å². The molecule has 0 N–H and O–H groups in total. The molecule has 0 saturated heterocycles. The van der Waals surface area contributed by atoms with E-state index < -0.39 is 11.9 Å². The third kappa shape index (κ3) is 14.1. The molecule has 5 heteroatoms. The Morgan fingerprint density at radius 3 is 1.76 bits per heavy atom. The standard InChI is InChI=1S/C5H8O2.C4H2O3.C2H6.CH4/c1-3-4-5(6)7-2;5-3-1-2-4(6)7-3;1-2;/h3-4H,1-2H3;1-2H;1-2H3;1H4/b4-3+;;;. The van der Waals surface area contributed by atoms with Crippen LogP contribution in [-0.4, -0.2) is 25.0 Å². The van der Waals surface area contributed by atoms with Crippen LogP contribution < -0.4 is 0 Å². The first-order valence-electron chi connectivity index (χ1n) is 4.74. The van der Waals surface area contributed by atoms with Gasteiger partial charge in [0.05, 0.1) is 7.11 Å². The summed E-state index contributed by atoms with van der Waals surface area (Å²) in [6.07, 6.45) is 5.16. The van der Waals surface area contributed by atoms with E-state index in [9.17, 15) is 14.4 Å². The molecule has 1 aliphatic heterocycles. The van der Waals surface area contributed by atoms with E-state index in [1.807, 2.05) is 13.8 Å². The monoisotopic (exact) mass is 244 g/mol. The fraction of sp³-hybridized carbons (Fsp3) is 0.417. The molecule has 1 aliphatic rings. The minimum absolute atomic E-state index is 0. The van der Waals surface area contributed by atoms with Crippen molar-refractivity contribution in [3.8, 4) is 0 Å². The molecular weight excluding hydrogens is 224 g/mol. The number of hydrogen-bond donors (Lipinski definition) is 0. The smallest absolute Gasteiger partial charge is 0.338 e. The van der Waals surface area contributed by atoms with Gasteiger partial charge in [0.15, 0.2) is 0 Å². The van der Waals surface area contributed by atoms with Gasteiger partial charge in [0, 0.05) is 18.2 Å². The van der Waals surface area contributed by atoms with E-state index in [-0.39, 0.29) is 13.4 Å². The molecule has 0 fully saturated rings. The van der Waals surface area contributed by atoms with Crippen molar-refractivity contribution >= 4 is 17.9 Å². The summed E-state index contributed by atoms with van der Waals surface area (Å²) in [5.74, 6) is -1.46. The van der Waals surface area contributed by atoms with E-state index in [0.717, 1.165) is 12.2 Å². The number of carbonyl (C=O) groups is 3. The van der Waals surface area contributed by atoms with Crippen molar-refractivity contribution in [2.24, 2.45) is 0 Å². The molecule has 0 aliphatic carbocycles. The average Bonchev–Trinajstić information content (AvgIpc) is 2.66. The molecule has 0 atom stereocenters. The summed E-state index contributed by atoms with van der Waals surface area (Å²) >= 11 is 0. The van der Waals surface area contributed by atoms with Crippen molar-refractivity contribution in [1.29, 1.82) is 0 Å². The van der Waals surface area contributed by atoms with Crippen molar-refractivity contribution in [2.75, 3.05) is 7.11 Å². The third-order valence-electron chi connectivity index (χ3n) is 1.06. The molecular formula is C12H20O5. The lowest BCUT2D eigenvalue weighted by molar-refractivity contribution is -0.150. The maximum atomic E-state index is 10.1. The SMILES string of the molecule is C.C/C=C/C(=O)OC.CC.O=C1C=CC(=O)O1. The van der Waals surface area contributed by atoms with Crippen molar-refractivity contribution in [2.45, 2.75) is 28.2 Å². The number of esters is 3. The number of hydrogen-bond acceptors (Lipinski definition) is 5. The fourth-order valence-corrected chi connectivity index (χ4v) is 0.507. The van der Waals surface area contributed by atoms with Gasteiger partial charge in [-0.25, -0.2) is 14.4 Å². The first kappa shape index (κ1) is 20.5. The topological polar surface area (TPSA) is 69.7 Å². The van der Waals surface area contributed by atoms with Crippen LogP contribution in [-0.2, 0) is 23.9 Å². The second-order valence-corrected chi connectivity index (χ2v) is 2.10. The largest absolute Gasteiger partial charge is 0.466 e. The maximum absolute atomic E-state index is 10.1. The molecule has 0 radical (unpaired) electrons. The zero-order valence-electron chi connectivity index (χ0n) is 9.85. The Kier molecular flexibility index (Phi) is 17.0. The highest BCUT2D eigenvalue weighted by Crippen LogP contribution is 1.92. The number of allylic oxidation sites excluding steroid dienone is 1. The van der Waals surface area contributed by atoms with Crippen LogP contribution >= 0.6 is 0 Å². The first-order chi connectivity index (χ1) is 7.60. The van der Waals surface area contributed by atoms with Crippen LogP contribution in [0.1, 0.15) is 28.2 Å². The number of cyclic esters (lactones) is 2. The van der Waals surface area contributed by atoms with E-state index in [2.05, 4.69) is 9.47 Å². The lowest BCUT2D eigenvalue weighted by Crippen LogP contribution is -1.96. The molecule has 0 unspecified atom stereocenters. The quantitative estimate of drug-likeness (QED) is 0.401. The highest BCUT2D eigenvalue weighted by molar-refractivity contribution is 6.04. The molecule has 17 heavy (non-hydrogen) atoms. The van der Waals surface area contributed by atoms with Gasteiger partial charge in [-0.15, -0.1) is 0 Å². The van der Waals surface area contributed by atoms with Gasteiger partial charge < -0.3 is 9.47 Å². The number of ether oxygens (including phenoxy) is 2. The molecule has 0 aromatic rings. The Morgan fingerprint density at radius 1 is 1.24 bits per heavy atom. The number of carbonyl (C=O) groups excluding carboxylic acids is 3. The van der Waals surface area contributed by atoms with Crippen LogP contribution in [0.5, 0.6) is 0 Å². The lowest BCUT2D eigenvalue weighted by atomic mass is 10.5. The van der Waals surface area contributed by atoms with Gasteiger partial charge in [-0.05, 0) is 6.92 Å². The van der Waals surface area contributed by atoms with E-state index in [1.165, 1.54) is 13.2 Å². The molecule has 5 nitrogen and oxygen atoms in total. The van der Waals surface area contributed by atoms with Gasteiger partial charge in [0.25, 0.3) is 0 Å². The molecule has 1 rings (SSSR count). The summed E-state index contributed by atoms with van der Waals surface area (Å²) in [5, 5.41) is 0. The summed E-state index contributed by atoms with van der Waals surface area (Å²) in [7, 11) is 1.35. The summed E-state index contributed by atoms with van der Waals surface area (Å²) in [6.45, 7) is 5.76. The summed E-state index contributed by atoms with van der Waals surface area (Å²) in [6, 6.07) is 0. The van der Waals surface area contributed by atoms with Gasteiger partial charge in [-0.1, -0.05) is 27.4 Å². The zero-order valence-corrected chi connectivity index (χ0v) is 9.85. The minimum Gasteiger partial charge on any atom is -0.466 e. The van der Waals surface area contributed by atoms with Gasteiger partial charge in [0.2, 0.25) is 0 Å². The van der Waals surface area contributed by atoms with Gasteiger partial charge in [0.1, 0.15) is 0 Å². The summed E-state index contributed by atoms with van der Waals surface area (Å²) in [4.78, 5) is 30.0. The number of rotatable bonds is 1. The predicted molar refractivity (Wildman–Crippen MR) is 65.1 cm³/mol. The normalized spacial score (nSPS) is 11.5. The molecule has 0 amide bonds. The van der Waals surface area contributed by atoms with E-state index in [4.69, 9.17) is 0 Å². The Balaban J connectivity index is -0.000000191.